The molecule has 69 valence electrons. The van der Waals surface area contributed by atoms with Gasteiger partial charge in [0.2, 0.25) is 0 Å². The zero-order chi connectivity index (χ0) is 8.97. The van der Waals surface area contributed by atoms with Gasteiger partial charge in [-0.2, -0.15) is 0 Å². The fraction of sp³-hybridized carbons (Fsp3) is 0.750. The van der Waals surface area contributed by atoms with Crippen LogP contribution < -0.4 is 11.1 Å². The van der Waals surface area contributed by atoms with Crippen LogP contribution in [0.2, 0.25) is 0 Å². The molecular formula is C8H17N4. The first-order valence-electron chi connectivity index (χ1n) is 4.41. The normalized spacial score (nSPS) is 19.8. The molecule has 4 nitrogen and oxygen atoms in total. The summed E-state index contributed by atoms with van der Waals surface area (Å²) in [6, 6.07) is 0.983. The molecule has 0 amide bonds. The van der Waals surface area contributed by atoms with Crippen LogP contribution in [0.5, 0.6) is 0 Å². The Balaban J connectivity index is 2.46. The lowest BCUT2D eigenvalue weighted by Gasteiger charge is -2.32. The van der Waals surface area contributed by atoms with E-state index >= 15 is 0 Å². The molecule has 1 fully saturated rings. The van der Waals surface area contributed by atoms with E-state index in [-0.39, 0.29) is 5.84 Å². The smallest absolute Gasteiger partial charge is 0.114 e. The predicted octanol–water partition coefficient (Wildman–Crippen LogP) is -0.230. The maximum absolute atomic E-state index is 7.37. The van der Waals surface area contributed by atoms with Crippen LogP contribution in [0.3, 0.4) is 0 Å². The van der Waals surface area contributed by atoms with Crippen molar-refractivity contribution in [1.82, 2.24) is 10.2 Å². The van der Waals surface area contributed by atoms with Crippen molar-refractivity contribution in [2.24, 2.45) is 5.73 Å². The topological polar surface area (TPSA) is 65.1 Å². The number of nitrogens with zero attached hydrogens (tertiary/aromatic N) is 1. The molecule has 0 aliphatic carbocycles. The van der Waals surface area contributed by atoms with E-state index in [0.29, 0.717) is 0 Å². The van der Waals surface area contributed by atoms with E-state index in [2.05, 4.69) is 10.2 Å². The molecule has 12 heavy (non-hydrogen) atoms. The summed E-state index contributed by atoms with van der Waals surface area (Å²) in [5.41, 5.74) is 5.46. The van der Waals surface area contributed by atoms with Crippen LogP contribution in [0.25, 0.3) is 0 Å². The Morgan fingerprint density at radius 2 is 2.08 bits per heavy atom. The molecule has 1 aliphatic heterocycles. The molecule has 1 heterocycles. The van der Waals surface area contributed by atoms with Crippen LogP contribution in [-0.2, 0) is 0 Å². The van der Waals surface area contributed by atoms with Crippen LogP contribution in [0.1, 0.15) is 13.3 Å². The van der Waals surface area contributed by atoms with E-state index in [1.807, 2.05) is 6.92 Å². The van der Waals surface area contributed by atoms with Crippen LogP contribution >= 0.6 is 0 Å². The van der Waals surface area contributed by atoms with Crippen molar-refractivity contribution in [1.29, 1.82) is 5.41 Å². The molecule has 0 unspecified atom stereocenters. The molecular weight excluding hydrogens is 152 g/mol. The largest absolute Gasteiger partial charge is 0.386 e. The van der Waals surface area contributed by atoms with Gasteiger partial charge in [0.25, 0.3) is 0 Å². The Labute approximate surface area is 73.6 Å². The third-order valence-corrected chi connectivity index (χ3v) is 2.14. The lowest BCUT2D eigenvalue weighted by Crippen LogP contribution is -2.48. The molecule has 0 aromatic carbocycles. The van der Waals surface area contributed by atoms with Gasteiger partial charge in [0.15, 0.2) is 0 Å². The fourth-order valence-corrected chi connectivity index (χ4v) is 1.52. The number of hydrogen-bond donors (Lipinski definition) is 3. The fourth-order valence-electron chi connectivity index (χ4n) is 1.52. The summed E-state index contributed by atoms with van der Waals surface area (Å²) in [5.74, 6) is 0.222. The Kier molecular flexibility index (Phi) is 3.49. The summed E-state index contributed by atoms with van der Waals surface area (Å²) in [6.45, 7) is 5.98. The van der Waals surface area contributed by atoms with Crippen LogP contribution in [0.4, 0.5) is 0 Å². The van der Waals surface area contributed by atoms with Crippen molar-refractivity contribution in [3.05, 3.63) is 6.04 Å². The van der Waals surface area contributed by atoms with Crippen molar-refractivity contribution in [3.8, 4) is 0 Å². The summed E-state index contributed by atoms with van der Waals surface area (Å²) in [6.07, 6.45) is 0.856. The molecule has 1 radical (unpaired) electrons. The van der Waals surface area contributed by atoms with Gasteiger partial charge in [-0.3, -0.25) is 10.3 Å². The first-order chi connectivity index (χ1) is 5.75. The van der Waals surface area contributed by atoms with Crippen molar-refractivity contribution >= 4 is 5.84 Å². The Bertz CT molecular complexity index is 151. The predicted molar refractivity (Wildman–Crippen MR) is 49.9 cm³/mol. The number of piperazine rings is 1. The summed E-state index contributed by atoms with van der Waals surface area (Å²) in [7, 11) is 0. The molecule has 0 atom stereocenters. The van der Waals surface area contributed by atoms with Gasteiger partial charge in [-0.15, -0.1) is 0 Å². The second-order valence-corrected chi connectivity index (χ2v) is 2.95. The van der Waals surface area contributed by atoms with E-state index in [4.69, 9.17) is 11.1 Å². The maximum Gasteiger partial charge on any atom is 0.114 e. The minimum Gasteiger partial charge on any atom is -0.386 e. The van der Waals surface area contributed by atoms with E-state index in [1.54, 1.807) is 0 Å². The highest BCUT2D eigenvalue weighted by Gasteiger charge is 2.21. The summed E-state index contributed by atoms with van der Waals surface area (Å²) >= 11 is 0. The number of nitrogens with one attached hydrogen (secondary N) is 2. The third-order valence-electron chi connectivity index (χ3n) is 2.14. The van der Waals surface area contributed by atoms with E-state index in [1.165, 1.54) is 0 Å². The average Bonchev–Trinajstić information content (AvgIpc) is 2.07. The van der Waals surface area contributed by atoms with Crippen molar-refractivity contribution < 1.29 is 0 Å². The molecule has 0 bridgehead atoms. The first-order valence-corrected chi connectivity index (χ1v) is 4.41. The highest BCUT2D eigenvalue weighted by Crippen LogP contribution is 2.12. The van der Waals surface area contributed by atoms with Gasteiger partial charge in [-0.25, -0.2) is 0 Å². The molecule has 0 aromatic rings. The molecule has 0 spiro atoms. The van der Waals surface area contributed by atoms with E-state index in [9.17, 15) is 0 Å². The van der Waals surface area contributed by atoms with E-state index in [0.717, 1.165) is 38.6 Å². The van der Waals surface area contributed by atoms with Gasteiger partial charge in [-0.05, 0) is 6.42 Å². The maximum atomic E-state index is 7.37. The van der Waals surface area contributed by atoms with Gasteiger partial charge in [0, 0.05) is 26.2 Å². The minimum atomic E-state index is 0.222. The molecule has 1 saturated heterocycles. The lowest BCUT2D eigenvalue weighted by atomic mass is 10.1. The Morgan fingerprint density at radius 3 is 2.50 bits per heavy atom. The van der Waals surface area contributed by atoms with Crippen molar-refractivity contribution in [2.45, 2.75) is 13.3 Å². The van der Waals surface area contributed by atoms with Gasteiger partial charge in [0.1, 0.15) is 11.9 Å². The van der Waals surface area contributed by atoms with Crippen molar-refractivity contribution in [2.75, 3.05) is 26.2 Å². The summed E-state index contributed by atoms with van der Waals surface area (Å²) in [4.78, 5) is 2.19. The SMILES string of the molecule is CC[C](C(=N)N)N1CCNCC1. The van der Waals surface area contributed by atoms with Crippen LogP contribution in [-0.4, -0.2) is 36.9 Å². The van der Waals surface area contributed by atoms with Gasteiger partial charge < -0.3 is 11.1 Å². The first kappa shape index (κ1) is 9.48. The molecule has 0 aromatic heterocycles. The number of nitrogens with two attached hydrogens (primary N) is 1. The molecule has 4 N–H and O–H groups in total. The van der Waals surface area contributed by atoms with Gasteiger partial charge in [-0.1, -0.05) is 6.92 Å². The highest BCUT2D eigenvalue weighted by molar-refractivity contribution is 5.90. The second-order valence-electron chi connectivity index (χ2n) is 2.95. The average molecular weight is 169 g/mol. The van der Waals surface area contributed by atoms with Crippen LogP contribution in [0.15, 0.2) is 0 Å². The summed E-state index contributed by atoms with van der Waals surface area (Å²) < 4.78 is 0. The zero-order valence-electron chi connectivity index (χ0n) is 7.56. The Hall–Kier alpha value is -0.610. The number of hydrogen-bond acceptors (Lipinski definition) is 3. The number of rotatable bonds is 3. The third kappa shape index (κ3) is 2.19. The van der Waals surface area contributed by atoms with E-state index < -0.39 is 0 Å². The van der Waals surface area contributed by atoms with Gasteiger partial charge in [0.05, 0.1) is 0 Å². The second kappa shape index (κ2) is 4.42. The quantitative estimate of drug-likeness (QED) is 0.404. The lowest BCUT2D eigenvalue weighted by molar-refractivity contribution is 0.265. The highest BCUT2D eigenvalue weighted by atomic mass is 15.2. The standard InChI is InChI=1S/C8H17N4/c1-2-7(8(9)10)12-5-3-11-4-6-12/h11H,2-6H2,1H3,(H3,9,10). The molecule has 4 heteroatoms. The monoisotopic (exact) mass is 169 g/mol. The summed E-state index contributed by atoms with van der Waals surface area (Å²) in [5, 5.41) is 10.6. The zero-order valence-corrected chi connectivity index (χ0v) is 7.56. The van der Waals surface area contributed by atoms with Gasteiger partial charge >= 0.3 is 0 Å². The molecule has 1 aliphatic rings. The Morgan fingerprint density at radius 1 is 1.50 bits per heavy atom. The number of amidine groups is 1. The van der Waals surface area contributed by atoms with Crippen molar-refractivity contribution in [3.63, 3.8) is 0 Å². The molecule has 0 saturated carbocycles. The minimum absolute atomic E-state index is 0.222. The molecule has 1 rings (SSSR count). The van der Waals surface area contributed by atoms with Crippen LogP contribution in [0, 0.1) is 11.5 Å².